The van der Waals surface area contributed by atoms with Crippen molar-refractivity contribution in [3.63, 3.8) is 0 Å². The quantitative estimate of drug-likeness (QED) is 0.595. The van der Waals surface area contributed by atoms with Gasteiger partial charge in [0.1, 0.15) is 0 Å². The Kier molecular flexibility index (Phi) is 9.18. The number of hydrogen-bond donors (Lipinski definition) is 1. The van der Waals surface area contributed by atoms with Gasteiger partial charge in [-0.1, -0.05) is 61.9 Å². The number of carbonyl (C=O) groups is 1. The minimum absolute atomic E-state index is 0.0968. The molecule has 1 N–H and O–H groups in total. The average Bonchev–Trinajstić information content (AvgIpc) is 2.59. The zero-order valence-electron chi connectivity index (χ0n) is 17.5. The highest BCUT2D eigenvalue weighted by atomic mass is 35.5. The fourth-order valence-electron chi connectivity index (χ4n) is 2.48. The average molecular weight is 430 g/mol. The van der Waals surface area contributed by atoms with Crippen LogP contribution in [0.15, 0.2) is 41.4 Å². The van der Waals surface area contributed by atoms with Gasteiger partial charge in [-0.3, -0.25) is 4.79 Å². The molecule has 0 unspecified atom stereocenters. The Morgan fingerprint density at radius 2 is 1.79 bits per heavy atom. The number of esters is 1. The van der Waals surface area contributed by atoms with Gasteiger partial charge in [-0.05, 0) is 45.6 Å². The molecule has 1 rings (SSSR count). The van der Waals surface area contributed by atoms with Crippen molar-refractivity contribution in [1.29, 1.82) is 0 Å². The van der Waals surface area contributed by atoms with Gasteiger partial charge < -0.3 is 4.74 Å². The molecule has 0 heterocycles. The van der Waals surface area contributed by atoms with Crippen molar-refractivity contribution in [1.82, 2.24) is 4.72 Å². The smallest absolute Gasteiger partial charge is 0.313 e. The van der Waals surface area contributed by atoms with Crippen LogP contribution in [0.25, 0.3) is 0 Å². The van der Waals surface area contributed by atoms with E-state index < -0.39 is 26.7 Å². The third-order valence-electron chi connectivity index (χ3n) is 4.30. The molecule has 5 nitrogen and oxygen atoms in total. The van der Waals surface area contributed by atoms with Crippen LogP contribution in [-0.2, 0) is 26.0 Å². The highest BCUT2D eigenvalue weighted by Crippen LogP contribution is 2.24. The number of hydrogen-bond acceptors (Lipinski definition) is 4. The predicted molar refractivity (Wildman–Crippen MR) is 115 cm³/mol. The minimum Gasteiger partial charge on any atom is -0.466 e. The molecule has 158 valence electrons. The molecule has 0 radical (unpaired) electrons. The molecule has 0 saturated heterocycles. The molecule has 7 heteroatoms. The van der Waals surface area contributed by atoms with E-state index in [9.17, 15) is 13.2 Å². The van der Waals surface area contributed by atoms with Crippen LogP contribution in [-0.4, -0.2) is 31.8 Å². The summed E-state index contributed by atoms with van der Waals surface area (Å²) in [5.41, 5.74) is 0.970. The number of benzene rings is 1. The SMILES string of the molecule is CCOC(=O)[C@@H](/C=C(\Cl)[C@@H](NS(=O)(=O)C(C)(C)C)C(C)C)Cc1ccccc1. The first-order valence-corrected chi connectivity index (χ1v) is 11.3. The molecule has 1 aromatic carbocycles. The number of sulfonamides is 1. The Bertz CT molecular complexity index is 767. The van der Waals surface area contributed by atoms with E-state index in [0.29, 0.717) is 6.42 Å². The summed E-state index contributed by atoms with van der Waals surface area (Å²) in [7, 11) is -3.60. The number of halogens is 1. The second-order valence-electron chi connectivity index (χ2n) is 8.06. The Morgan fingerprint density at radius 3 is 2.25 bits per heavy atom. The summed E-state index contributed by atoms with van der Waals surface area (Å²) in [6, 6.07) is 8.93. The van der Waals surface area contributed by atoms with E-state index in [0.717, 1.165) is 5.56 Å². The van der Waals surface area contributed by atoms with Crippen molar-refractivity contribution in [3.8, 4) is 0 Å². The number of carbonyl (C=O) groups excluding carboxylic acids is 1. The van der Waals surface area contributed by atoms with E-state index in [1.165, 1.54) is 0 Å². The summed E-state index contributed by atoms with van der Waals surface area (Å²) in [4.78, 5) is 12.5. The molecule has 1 aromatic rings. The number of nitrogens with one attached hydrogen (secondary N) is 1. The lowest BCUT2D eigenvalue weighted by atomic mass is 9.96. The van der Waals surface area contributed by atoms with Crippen LogP contribution in [0, 0.1) is 11.8 Å². The molecule has 0 fully saturated rings. The summed E-state index contributed by atoms with van der Waals surface area (Å²) in [6.45, 7) is 10.6. The third-order valence-corrected chi connectivity index (χ3v) is 6.84. The molecule has 2 atom stereocenters. The van der Waals surface area contributed by atoms with Gasteiger partial charge in [-0.2, -0.15) is 0 Å². The van der Waals surface area contributed by atoms with Gasteiger partial charge in [0, 0.05) is 5.03 Å². The highest BCUT2D eigenvalue weighted by Gasteiger charge is 2.33. The Labute approximate surface area is 174 Å². The van der Waals surface area contributed by atoms with E-state index in [-0.39, 0.29) is 23.5 Å². The molecule has 0 bridgehead atoms. The van der Waals surface area contributed by atoms with Crippen LogP contribution >= 0.6 is 11.6 Å². The maximum atomic E-state index is 12.6. The van der Waals surface area contributed by atoms with Crippen molar-refractivity contribution in [2.75, 3.05) is 6.61 Å². The van der Waals surface area contributed by atoms with Crippen molar-refractivity contribution in [3.05, 3.63) is 47.0 Å². The van der Waals surface area contributed by atoms with E-state index in [4.69, 9.17) is 16.3 Å². The van der Waals surface area contributed by atoms with Gasteiger partial charge in [-0.25, -0.2) is 13.1 Å². The highest BCUT2D eigenvalue weighted by molar-refractivity contribution is 7.90. The zero-order chi connectivity index (χ0) is 21.5. The van der Waals surface area contributed by atoms with Crippen molar-refractivity contribution < 1.29 is 17.9 Å². The van der Waals surface area contributed by atoms with Gasteiger partial charge in [0.15, 0.2) is 0 Å². The van der Waals surface area contributed by atoms with Crippen LogP contribution in [0.1, 0.15) is 47.1 Å². The van der Waals surface area contributed by atoms with Gasteiger partial charge >= 0.3 is 5.97 Å². The lowest BCUT2D eigenvalue weighted by Gasteiger charge is -2.28. The molecule has 0 aromatic heterocycles. The van der Waals surface area contributed by atoms with Gasteiger partial charge in [0.05, 0.1) is 23.3 Å². The van der Waals surface area contributed by atoms with Crippen LogP contribution in [0.5, 0.6) is 0 Å². The summed E-state index contributed by atoms with van der Waals surface area (Å²) < 4.78 is 32.1. The van der Waals surface area contributed by atoms with Gasteiger partial charge in [0.2, 0.25) is 10.0 Å². The first kappa shape index (κ1) is 24.7. The molecule has 0 aliphatic rings. The molecule has 0 amide bonds. The van der Waals surface area contributed by atoms with E-state index in [1.807, 2.05) is 44.2 Å². The van der Waals surface area contributed by atoms with Crippen molar-refractivity contribution in [2.45, 2.75) is 58.8 Å². The van der Waals surface area contributed by atoms with E-state index in [1.54, 1.807) is 33.8 Å². The molecule has 28 heavy (non-hydrogen) atoms. The normalized spacial score (nSPS) is 15.4. The Balaban J connectivity index is 3.19. The maximum Gasteiger partial charge on any atom is 0.313 e. The molecule has 0 aliphatic carbocycles. The minimum atomic E-state index is -3.60. The van der Waals surface area contributed by atoms with Crippen LogP contribution in [0.4, 0.5) is 0 Å². The van der Waals surface area contributed by atoms with E-state index >= 15 is 0 Å². The standard InChI is InChI=1S/C21H32ClNO4S/c1-7-27-20(24)17(13-16-11-9-8-10-12-16)14-18(22)19(15(2)3)23-28(25,26)21(4,5)6/h8-12,14-15,17,19,23H,7,13H2,1-6H3/b18-14-/t17-,19+/m1/s1. The second-order valence-corrected chi connectivity index (χ2v) is 11.0. The summed E-state index contributed by atoms with van der Waals surface area (Å²) in [6.07, 6.45) is 2.04. The zero-order valence-corrected chi connectivity index (χ0v) is 19.1. The maximum absolute atomic E-state index is 12.6. The number of ether oxygens (including phenoxy) is 1. The summed E-state index contributed by atoms with van der Waals surface area (Å²) in [5.74, 6) is -1.08. The third kappa shape index (κ3) is 7.22. The number of rotatable bonds is 9. The summed E-state index contributed by atoms with van der Waals surface area (Å²) in [5, 5.41) is 0.289. The Hall–Kier alpha value is -1.37. The molecule has 0 saturated carbocycles. The van der Waals surface area contributed by atoms with Crippen LogP contribution < -0.4 is 4.72 Å². The second kappa shape index (κ2) is 10.4. The largest absolute Gasteiger partial charge is 0.466 e. The first-order chi connectivity index (χ1) is 12.9. The van der Waals surface area contributed by atoms with Crippen molar-refractivity contribution in [2.24, 2.45) is 11.8 Å². The van der Waals surface area contributed by atoms with Gasteiger partial charge in [0.25, 0.3) is 0 Å². The fourth-order valence-corrected chi connectivity index (χ4v) is 4.09. The Morgan fingerprint density at radius 1 is 1.21 bits per heavy atom. The lowest BCUT2D eigenvalue weighted by molar-refractivity contribution is -0.146. The fraction of sp³-hybridized carbons (Fsp3) is 0.571. The molecule has 0 spiro atoms. The molecular weight excluding hydrogens is 398 g/mol. The van der Waals surface area contributed by atoms with Gasteiger partial charge in [-0.15, -0.1) is 0 Å². The predicted octanol–water partition coefficient (Wildman–Crippen LogP) is 4.27. The first-order valence-electron chi connectivity index (χ1n) is 9.48. The summed E-state index contributed by atoms with van der Waals surface area (Å²) >= 11 is 6.53. The topological polar surface area (TPSA) is 72.5 Å². The van der Waals surface area contributed by atoms with E-state index in [2.05, 4.69) is 4.72 Å². The molecule has 0 aliphatic heterocycles. The molecular formula is C21H32ClNO4S. The van der Waals surface area contributed by atoms with Crippen LogP contribution in [0.2, 0.25) is 0 Å². The van der Waals surface area contributed by atoms with Crippen molar-refractivity contribution >= 4 is 27.6 Å². The monoisotopic (exact) mass is 429 g/mol. The lowest BCUT2D eigenvalue weighted by Crippen LogP contribution is -2.47. The van der Waals surface area contributed by atoms with Crippen LogP contribution in [0.3, 0.4) is 0 Å².